The molecule has 29 heavy (non-hydrogen) atoms. The van der Waals surface area contributed by atoms with Crippen molar-refractivity contribution in [1.29, 1.82) is 0 Å². The normalized spacial score (nSPS) is 11.7. The molecule has 2 rings (SSSR count). The highest BCUT2D eigenvalue weighted by Gasteiger charge is 2.25. The Morgan fingerprint density at radius 1 is 1.17 bits per heavy atom. The van der Waals surface area contributed by atoms with Gasteiger partial charge in [0.1, 0.15) is 6.04 Å². The van der Waals surface area contributed by atoms with Crippen LogP contribution in [0.5, 0.6) is 0 Å². The van der Waals surface area contributed by atoms with Crippen molar-refractivity contribution in [3.05, 3.63) is 70.2 Å². The van der Waals surface area contributed by atoms with Gasteiger partial charge in [-0.1, -0.05) is 66.6 Å². The molecule has 0 aliphatic rings. The topological polar surface area (TPSA) is 49.4 Å². The Morgan fingerprint density at radius 2 is 1.93 bits per heavy atom. The van der Waals surface area contributed by atoms with Crippen molar-refractivity contribution in [2.24, 2.45) is 0 Å². The van der Waals surface area contributed by atoms with E-state index in [1.54, 1.807) is 11.8 Å². The fraction of sp³-hybridized carbons (Fsp3) is 0.391. The first-order valence-corrected chi connectivity index (χ1v) is 11.4. The second kappa shape index (κ2) is 11.9. The molecule has 1 unspecified atom stereocenters. The van der Waals surface area contributed by atoms with E-state index in [0.29, 0.717) is 29.6 Å². The molecule has 0 heterocycles. The maximum atomic E-state index is 13.0. The Balaban J connectivity index is 2.07. The minimum atomic E-state index is -0.532. The summed E-state index contributed by atoms with van der Waals surface area (Å²) in [7, 11) is 0. The summed E-state index contributed by atoms with van der Waals surface area (Å²) in [5.41, 5.74) is 3.15. The number of benzene rings is 2. The Bertz CT molecular complexity index is 828. The lowest BCUT2D eigenvalue weighted by Gasteiger charge is -2.29. The van der Waals surface area contributed by atoms with Crippen molar-refractivity contribution in [1.82, 2.24) is 10.2 Å². The molecule has 0 spiro atoms. The fourth-order valence-electron chi connectivity index (χ4n) is 2.93. The summed E-state index contributed by atoms with van der Waals surface area (Å²) in [6.07, 6.45) is 0.859. The van der Waals surface area contributed by atoms with Crippen LogP contribution >= 0.6 is 23.4 Å². The molecule has 6 heteroatoms. The first-order valence-electron chi connectivity index (χ1n) is 9.86. The van der Waals surface area contributed by atoms with Crippen LogP contribution in [0.2, 0.25) is 5.02 Å². The number of hydrogen-bond acceptors (Lipinski definition) is 3. The van der Waals surface area contributed by atoms with E-state index in [4.69, 9.17) is 11.6 Å². The van der Waals surface area contributed by atoms with Gasteiger partial charge in [-0.15, -0.1) is 11.8 Å². The van der Waals surface area contributed by atoms with Gasteiger partial charge in [0.25, 0.3) is 0 Å². The van der Waals surface area contributed by atoms with E-state index >= 15 is 0 Å². The van der Waals surface area contributed by atoms with Crippen molar-refractivity contribution in [2.75, 3.05) is 12.3 Å². The lowest BCUT2D eigenvalue weighted by atomic mass is 10.1. The maximum Gasteiger partial charge on any atom is 0.242 e. The highest BCUT2D eigenvalue weighted by Crippen LogP contribution is 2.21. The Hall–Kier alpha value is -1.98. The minimum absolute atomic E-state index is 0.0530. The van der Waals surface area contributed by atoms with Crippen molar-refractivity contribution in [2.45, 2.75) is 45.5 Å². The zero-order valence-corrected chi connectivity index (χ0v) is 18.9. The number of amides is 2. The van der Waals surface area contributed by atoms with Crippen molar-refractivity contribution < 1.29 is 9.59 Å². The fourth-order valence-corrected chi connectivity index (χ4v) is 4.13. The quantitative estimate of drug-likeness (QED) is 0.585. The van der Waals surface area contributed by atoms with Gasteiger partial charge in [0.2, 0.25) is 11.8 Å². The van der Waals surface area contributed by atoms with Crippen molar-refractivity contribution in [3.8, 4) is 0 Å². The Kier molecular flexibility index (Phi) is 9.55. The number of hydrogen-bond donors (Lipinski definition) is 1. The average molecular weight is 433 g/mol. The van der Waals surface area contributed by atoms with Crippen LogP contribution in [0.4, 0.5) is 0 Å². The standard InChI is InChI=1S/C23H29ClN2O2S/c1-4-12-25-23(28)18(3)26(14-19-9-7-8-17(2)13-19)22(27)16-29-15-20-10-5-6-11-21(20)24/h5-11,13,18H,4,12,14-16H2,1-3H3,(H,25,28). The van der Waals surface area contributed by atoms with Crippen molar-refractivity contribution in [3.63, 3.8) is 0 Å². The summed E-state index contributed by atoms with van der Waals surface area (Å²) in [5, 5.41) is 3.60. The lowest BCUT2D eigenvalue weighted by molar-refractivity contribution is -0.138. The molecule has 0 saturated heterocycles. The third kappa shape index (κ3) is 7.41. The molecule has 0 saturated carbocycles. The van der Waals surface area contributed by atoms with E-state index in [1.807, 2.05) is 62.4 Å². The van der Waals surface area contributed by atoms with E-state index in [0.717, 1.165) is 23.1 Å². The van der Waals surface area contributed by atoms with Crippen LogP contribution in [-0.4, -0.2) is 35.1 Å². The van der Waals surface area contributed by atoms with Gasteiger partial charge in [-0.3, -0.25) is 9.59 Å². The Morgan fingerprint density at radius 3 is 2.62 bits per heavy atom. The predicted octanol–water partition coefficient (Wildman–Crippen LogP) is 4.83. The zero-order valence-electron chi connectivity index (χ0n) is 17.3. The SMILES string of the molecule is CCCNC(=O)C(C)N(Cc1cccc(C)c1)C(=O)CSCc1ccccc1Cl. The summed E-state index contributed by atoms with van der Waals surface area (Å²) in [5.74, 6) is 0.773. The van der Waals surface area contributed by atoms with E-state index in [1.165, 1.54) is 11.8 Å². The van der Waals surface area contributed by atoms with Gasteiger partial charge in [0.15, 0.2) is 0 Å². The van der Waals surface area contributed by atoms with Crippen LogP contribution in [0.25, 0.3) is 0 Å². The average Bonchev–Trinajstić information content (AvgIpc) is 2.71. The molecule has 0 aliphatic carbocycles. The van der Waals surface area contributed by atoms with E-state index < -0.39 is 6.04 Å². The largest absolute Gasteiger partial charge is 0.354 e. The van der Waals surface area contributed by atoms with Gasteiger partial charge in [0.05, 0.1) is 5.75 Å². The van der Waals surface area contributed by atoms with Gasteiger partial charge in [-0.25, -0.2) is 0 Å². The van der Waals surface area contributed by atoms with Crippen LogP contribution in [0.3, 0.4) is 0 Å². The van der Waals surface area contributed by atoms with Crippen molar-refractivity contribution >= 4 is 35.2 Å². The third-order valence-electron chi connectivity index (χ3n) is 4.59. The number of rotatable bonds is 10. The minimum Gasteiger partial charge on any atom is -0.354 e. The number of aryl methyl sites for hydroxylation is 1. The molecule has 0 aromatic heterocycles. The molecular formula is C23H29ClN2O2S. The smallest absolute Gasteiger partial charge is 0.242 e. The molecule has 2 aromatic carbocycles. The second-order valence-corrected chi connectivity index (χ2v) is 8.45. The molecule has 1 N–H and O–H groups in total. The first-order chi connectivity index (χ1) is 13.9. The number of carbonyl (C=O) groups is 2. The first kappa shape index (κ1) is 23.3. The van der Waals surface area contributed by atoms with E-state index in [2.05, 4.69) is 5.32 Å². The van der Waals surface area contributed by atoms with Gasteiger partial charge in [-0.05, 0) is 37.5 Å². The molecule has 2 amide bonds. The number of thioether (sulfide) groups is 1. The third-order valence-corrected chi connectivity index (χ3v) is 5.93. The number of nitrogens with zero attached hydrogens (tertiary/aromatic N) is 1. The zero-order chi connectivity index (χ0) is 21.2. The molecule has 1 atom stereocenters. The molecule has 2 aromatic rings. The van der Waals surface area contributed by atoms with Gasteiger partial charge >= 0.3 is 0 Å². The Labute approximate surface area is 183 Å². The molecule has 156 valence electrons. The number of carbonyl (C=O) groups excluding carboxylic acids is 2. The summed E-state index contributed by atoms with van der Waals surface area (Å²) in [4.78, 5) is 27.2. The van der Waals surface area contributed by atoms with Crippen LogP contribution in [0.1, 0.15) is 37.0 Å². The molecule has 0 aliphatic heterocycles. The van der Waals surface area contributed by atoms with Crippen LogP contribution in [-0.2, 0) is 21.9 Å². The highest BCUT2D eigenvalue weighted by molar-refractivity contribution is 7.99. The highest BCUT2D eigenvalue weighted by atomic mass is 35.5. The summed E-state index contributed by atoms with van der Waals surface area (Å²) in [6.45, 7) is 6.83. The van der Waals surface area contributed by atoms with Gasteiger partial charge < -0.3 is 10.2 Å². The molecule has 0 radical (unpaired) electrons. The molecular weight excluding hydrogens is 404 g/mol. The van der Waals surface area contributed by atoms with Gasteiger partial charge in [0, 0.05) is 23.9 Å². The molecule has 4 nitrogen and oxygen atoms in total. The van der Waals surface area contributed by atoms with E-state index in [9.17, 15) is 9.59 Å². The van der Waals surface area contributed by atoms with Crippen LogP contribution < -0.4 is 5.32 Å². The summed E-state index contributed by atoms with van der Waals surface area (Å²) < 4.78 is 0. The second-order valence-electron chi connectivity index (χ2n) is 7.06. The maximum absolute atomic E-state index is 13.0. The predicted molar refractivity (Wildman–Crippen MR) is 122 cm³/mol. The lowest BCUT2D eigenvalue weighted by Crippen LogP contribution is -2.48. The van der Waals surface area contributed by atoms with Gasteiger partial charge in [-0.2, -0.15) is 0 Å². The van der Waals surface area contributed by atoms with Crippen LogP contribution in [0, 0.1) is 6.92 Å². The monoisotopic (exact) mass is 432 g/mol. The molecule has 0 fully saturated rings. The number of halogens is 1. The van der Waals surface area contributed by atoms with Crippen LogP contribution in [0.15, 0.2) is 48.5 Å². The summed E-state index contributed by atoms with van der Waals surface area (Å²) >= 11 is 7.71. The summed E-state index contributed by atoms with van der Waals surface area (Å²) in [6, 6.07) is 15.1. The van der Waals surface area contributed by atoms with E-state index in [-0.39, 0.29) is 11.8 Å². The number of nitrogens with one attached hydrogen (secondary N) is 1. The molecule has 0 bridgehead atoms.